The highest BCUT2D eigenvalue weighted by Gasteiger charge is 2.29. The number of sulfonamides is 1. The van der Waals surface area contributed by atoms with Gasteiger partial charge in [-0.25, -0.2) is 8.42 Å². The van der Waals surface area contributed by atoms with E-state index in [0.717, 1.165) is 11.1 Å². The van der Waals surface area contributed by atoms with Crippen LogP contribution in [0.25, 0.3) is 11.5 Å². The minimum atomic E-state index is -3.40. The topological polar surface area (TPSA) is 96.6 Å². The third-order valence-electron chi connectivity index (χ3n) is 4.96. The number of aryl methyl sites for hydroxylation is 1. The summed E-state index contributed by atoms with van der Waals surface area (Å²) >= 11 is 1.55. The molecule has 0 radical (unpaired) electrons. The Kier molecular flexibility index (Phi) is 6.26. The van der Waals surface area contributed by atoms with Crippen LogP contribution in [0.2, 0.25) is 0 Å². The number of carbonyl (C=O) groups is 1. The first-order chi connectivity index (χ1) is 14.5. The molecule has 10 heteroatoms. The molecule has 2 aromatic heterocycles. The van der Waals surface area contributed by atoms with Crippen molar-refractivity contribution in [3.05, 3.63) is 58.6 Å². The first-order valence-electron chi connectivity index (χ1n) is 9.66. The summed E-state index contributed by atoms with van der Waals surface area (Å²) in [6, 6.07) is 11.0. The molecule has 1 aliphatic rings. The molecule has 1 saturated heterocycles. The van der Waals surface area contributed by atoms with Gasteiger partial charge in [0, 0.05) is 50.0 Å². The van der Waals surface area contributed by atoms with Crippen LogP contribution in [-0.2, 0) is 27.0 Å². The summed E-state index contributed by atoms with van der Waals surface area (Å²) in [6.07, 6.45) is 0.616. The second-order valence-electron chi connectivity index (χ2n) is 7.03. The van der Waals surface area contributed by atoms with Gasteiger partial charge in [-0.15, -0.1) is 10.2 Å². The summed E-state index contributed by atoms with van der Waals surface area (Å²) in [4.78, 5) is 14.2. The third kappa shape index (κ3) is 4.94. The van der Waals surface area contributed by atoms with Crippen molar-refractivity contribution in [1.29, 1.82) is 0 Å². The van der Waals surface area contributed by atoms with Gasteiger partial charge in [-0.2, -0.15) is 15.6 Å². The van der Waals surface area contributed by atoms with Crippen molar-refractivity contribution in [2.45, 2.75) is 18.6 Å². The summed E-state index contributed by atoms with van der Waals surface area (Å²) in [5.41, 5.74) is 1.63. The first-order valence-corrected chi connectivity index (χ1v) is 12.2. The van der Waals surface area contributed by atoms with Gasteiger partial charge in [0.1, 0.15) is 0 Å². The lowest BCUT2D eigenvalue weighted by Gasteiger charge is -2.34. The Balaban J connectivity index is 1.26. The molecule has 0 N–H and O–H groups in total. The Morgan fingerprint density at radius 3 is 2.53 bits per heavy atom. The highest BCUT2D eigenvalue weighted by atomic mass is 32.2. The van der Waals surface area contributed by atoms with Crippen LogP contribution in [0, 0.1) is 0 Å². The standard InChI is InChI=1S/C20H22N4O4S2/c25-19(7-6-18-21-22-20(28-18)17-8-13-29-14-17)23-9-11-24(12-10-23)30(26,27)15-16-4-2-1-3-5-16/h1-5,8,13-14H,6-7,9-12,15H2. The molecule has 30 heavy (non-hydrogen) atoms. The Labute approximate surface area is 179 Å². The molecule has 1 fully saturated rings. The van der Waals surface area contributed by atoms with Crippen LogP contribution in [0.1, 0.15) is 17.9 Å². The summed E-state index contributed by atoms with van der Waals surface area (Å²) in [5, 5.41) is 11.9. The lowest BCUT2D eigenvalue weighted by Crippen LogP contribution is -2.50. The number of hydrogen-bond donors (Lipinski definition) is 0. The molecule has 0 saturated carbocycles. The fourth-order valence-corrected chi connectivity index (χ4v) is 5.47. The van der Waals surface area contributed by atoms with Crippen LogP contribution in [0.4, 0.5) is 0 Å². The molecule has 3 aromatic rings. The van der Waals surface area contributed by atoms with Crippen molar-refractivity contribution < 1.29 is 17.6 Å². The summed E-state index contributed by atoms with van der Waals surface area (Å²) in [6.45, 7) is 1.39. The Bertz CT molecular complexity index is 1070. The minimum Gasteiger partial charge on any atom is -0.421 e. The van der Waals surface area contributed by atoms with Crippen LogP contribution < -0.4 is 0 Å². The largest absolute Gasteiger partial charge is 0.421 e. The van der Waals surface area contributed by atoms with E-state index in [1.54, 1.807) is 28.4 Å². The zero-order chi connectivity index (χ0) is 21.0. The zero-order valence-corrected chi connectivity index (χ0v) is 17.9. The van der Waals surface area contributed by atoms with Crippen molar-refractivity contribution in [1.82, 2.24) is 19.4 Å². The van der Waals surface area contributed by atoms with Crippen molar-refractivity contribution in [2.75, 3.05) is 26.2 Å². The van der Waals surface area contributed by atoms with Gasteiger partial charge in [0.2, 0.25) is 27.7 Å². The predicted octanol–water partition coefficient (Wildman–Crippen LogP) is 2.40. The number of benzene rings is 1. The quantitative estimate of drug-likeness (QED) is 0.553. The average molecular weight is 447 g/mol. The number of carbonyl (C=O) groups excluding carboxylic acids is 1. The lowest BCUT2D eigenvalue weighted by molar-refractivity contribution is -0.132. The molecule has 8 nitrogen and oxygen atoms in total. The molecule has 1 amide bonds. The average Bonchev–Trinajstić information content (AvgIpc) is 3.44. The Morgan fingerprint density at radius 1 is 1.07 bits per heavy atom. The molecule has 0 bridgehead atoms. The SMILES string of the molecule is O=C(CCc1nnc(-c2ccsc2)o1)N1CCN(S(=O)(=O)Cc2ccccc2)CC1. The van der Waals surface area contributed by atoms with E-state index >= 15 is 0 Å². The van der Waals surface area contributed by atoms with Gasteiger partial charge in [-0.3, -0.25) is 4.79 Å². The maximum atomic E-state index is 12.6. The summed E-state index contributed by atoms with van der Waals surface area (Å²) < 4.78 is 32.4. The van der Waals surface area contributed by atoms with E-state index in [1.165, 1.54) is 4.31 Å². The minimum absolute atomic E-state index is 0.0224. The molecule has 0 aliphatic carbocycles. The van der Waals surface area contributed by atoms with E-state index in [-0.39, 0.29) is 18.1 Å². The van der Waals surface area contributed by atoms with E-state index in [4.69, 9.17) is 4.42 Å². The molecular formula is C20H22N4O4S2. The van der Waals surface area contributed by atoms with Crippen LogP contribution in [0.5, 0.6) is 0 Å². The second kappa shape index (κ2) is 9.07. The molecular weight excluding hydrogens is 424 g/mol. The summed E-state index contributed by atoms with van der Waals surface area (Å²) in [7, 11) is -3.40. The fraction of sp³-hybridized carbons (Fsp3) is 0.350. The molecule has 0 atom stereocenters. The van der Waals surface area contributed by atoms with E-state index in [9.17, 15) is 13.2 Å². The highest BCUT2D eigenvalue weighted by Crippen LogP contribution is 2.21. The Morgan fingerprint density at radius 2 is 1.83 bits per heavy atom. The Hall–Kier alpha value is -2.56. The second-order valence-corrected chi connectivity index (χ2v) is 9.78. The van der Waals surface area contributed by atoms with Crippen LogP contribution in [0.3, 0.4) is 0 Å². The van der Waals surface area contributed by atoms with Gasteiger partial charge in [0.05, 0.1) is 5.75 Å². The molecule has 1 aliphatic heterocycles. The van der Waals surface area contributed by atoms with Crippen LogP contribution >= 0.6 is 11.3 Å². The van der Waals surface area contributed by atoms with Crippen LogP contribution in [0.15, 0.2) is 51.6 Å². The fourth-order valence-electron chi connectivity index (χ4n) is 3.32. The number of amides is 1. The number of aromatic nitrogens is 2. The zero-order valence-electron chi connectivity index (χ0n) is 16.3. The number of piperazine rings is 1. The van der Waals surface area contributed by atoms with Crippen molar-refractivity contribution in [3.63, 3.8) is 0 Å². The van der Waals surface area contributed by atoms with Gasteiger partial charge < -0.3 is 9.32 Å². The number of hydrogen-bond acceptors (Lipinski definition) is 7. The first kappa shape index (κ1) is 20.7. The normalized spacial score (nSPS) is 15.4. The van der Waals surface area contributed by atoms with E-state index < -0.39 is 10.0 Å². The third-order valence-corrected chi connectivity index (χ3v) is 7.50. The van der Waals surface area contributed by atoms with Crippen molar-refractivity contribution in [3.8, 4) is 11.5 Å². The van der Waals surface area contributed by atoms with Crippen molar-refractivity contribution >= 4 is 27.3 Å². The molecule has 1 aromatic carbocycles. The van der Waals surface area contributed by atoms with E-state index in [1.807, 2.05) is 35.0 Å². The molecule has 3 heterocycles. The highest BCUT2D eigenvalue weighted by molar-refractivity contribution is 7.88. The molecule has 158 valence electrons. The lowest BCUT2D eigenvalue weighted by atomic mass is 10.2. The molecule has 0 unspecified atom stereocenters. The van der Waals surface area contributed by atoms with Crippen molar-refractivity contribution in [2.24, 2.45) is 0 Å². The van der Waals surface area contributed by atoms with Gasteiger partial charge >= 0.3 is 0 Å². The predicted molar refractivity (Wildman–Crippen MR) is 113 cm³/mol. The number of thiophene rings is 1. The van der Waals surface area contributed by atoms with Crippen LogP contribution in [-0.4, -0.2) is 59.9 Å². The number of nitrogens with zero attached hydrogens (tertiary/aromatic N) is 4. The van der Waals surface area contributed by atoms with Gasteiger partial charge in [0.15, 0.2) is 0 Å². The monoisotopic (exact) mass is 446 g/mol. The summed E-state index contributed by atoms with van der Waals surface area (Å²) in [5.74, 6) is 0.820. The van der Waals surface area contributed by atoms with Gasteiger partial charge in [0.25, 0.3) is 0 Å². The smallest absolute Gasteiger partial charge is 0.248 e. The maximum absolute atomic E-state index is 12.6. The van der Waals surface area contributed by atoms with Gasteiger partial charge in [-0.1, -0.05) is 30.3 Å². The molecule has 0 spiro atoms. The van der Waals surface area contributed by atoms with Gasteiger partial charge in [-0.05, 0) is 17.0 Å². The molecule has 4 rings (SSSR count). The number of rotatable bonds is 7. The van der Waals surface area contributed by atoms with E-state index in [2.05, 4.69) is 10.2 Å². The maximum Gasteiger partial charge on any atom is 0.248 e. The van der Waals surface area contributed by atoms with E-state index in [0.29, 0.717) is 44.4 Å².